The van der Waals surface area contributed by atoms with E-state index >= 15 is 0 Å². The Morgan fingerprint density at radius 3 is 2.62 bits per heavy atom. The third kappa shape index (κ3) is 3.51. The van der Waals surface area contributed by atoms with Gasteiger partial charge in [-0.2, -0.15) is 5.26 Å². The Hall–Kier alpha value is -2.11. The molecular formula is C13H15N3O4S. The molecule has 1 saturated carbocycles. The van der Waals surface area contributed by atoms with Gasteiger partial charge in [-0.25, -0.2) is 18.4 Å². The van der Waals surface area contributed by atoms with Crippen LogP contribution in [0.25, 0.3) is 0 Å². The Bertz CT molecular complexity index is 705. The van der Waals surface area contributed by atoms with Gasteiger partial charge in [-0.15, -0.1) is 0 Å². The van der Waals surface area contributed by atoms with Gasteiger partial charge in [0, 0.05) is 12.6 Å². The third-order valence-corrected chi connectivity index (χ3v) is 4.20. The number of hydrogen-bond donors (Lipinski definition) is 2. The van der Waals surface area contributed by atoms with Crippen molar-refractivity contribution in [2.24, 2.45) is 5.14 Å². The Balaban J connectivity index is 2.46. The summed E-state index contributed by atoms with van der Waals surface area (Å²) in [5, 5.41) is 23.0. The molecule has 0 aromatic heterocycles. The van der Waals surface area contributed by atoms with E-state index in [1.54, 1.807) is 0 Å². The van der Waals surface area contributed by atoms with Crippen LogP contribution in [0.1, 0.15) is 29.6 Å². The normalized spacial score (nSPS) is 14.5. The van der Waals surface area contributed by atoms with Crippen molar-refractivity contribution in [1.82, 2.24) is 0 Å². The molecular weight excluding hydrogens is 294 g/mol. The second-order valence-electron chi connectivity index (χ2n) is 4.86. The summed E-state index contributed by atoms with van der Waals surface area (Å²) >= 11 is 0. The van der Waals surface area contributed by atoms with Crippen molar-refractivity contribution in [1.29, 1.82) is 5.26 Å². The minimum absolute atomic E-state index is 0.119. The average Bonchev–Trinajstić information content (AvgIpc) is 3.22. The molecule has 1 aliphatic rings. The molecule has 21 heavy (non-hydrogen) atoms. The predicted molar refractivity (Wildman–Crippen MR) is 75.4 cm³/mol. The smallest absolute Gasteiger partial charge is 0.337 e. The van der Waals surface area contributed by atoms with E-state index in [-0.39, 0.29) is 22.9 Å². The fourth-order valence-corrected chi connectivity index (χ4v) is 2.71. The molecule has 0 amide bonds. The van der Waals surface area contributed by atoms with Crippen molar-refractivity contribution < 1.29 is 18.3 Å². The maximum absolute atomic E-state index is 11.4. The Labute approximate surface area is 122 Å². The molecule has 1 aromatic carbocycles. The van der Waals surface area contributed by atoms with Crippen molar-refractivity contribution >= 4 is 21.7 Å². The molecule has 0 aliphatic heterocycles. The summed E-state index contributed by atoms with van der Waals surface area (Å²) < 4.78 is 22.7. The number of carbonyl (C=O) groups is 1. The lowest BCUT2D eigenvalue weighted by molar-refractivity contribution is 0.0697. The summed E-state index contributed by atoms with van der Waals surface area (Å²) in [6.07, 6.45) is 2.13. The van der Waals surface area contributed by atoms with Crippen LogP contribution in [0.5, 0.6) is 0 Å². The highest BCUT2D eigenvalue weighted by Crippen LogP contribution is 2.34. The van der Waals surface area contributed by atoms with Gasteiger partial charge >= 0.3 is 5.97 Å². The van der Waals surface area contributed by atoms with E-state index in [1.165, 1.54) is 12.1 Å². The van der Waals surface area contributed by atoms with Crippen molar-refractivity contribution in [2.45, 2.75) is 30.2 Å². The van der Waals surface area contributed by atoms with Gasteiger partial charge in [-0.3, -0.25) is 0 Å². The summed E-state index contributed by atoms with van der Waals surface area (Å²) in [4.78, 5) is 13.0. The SMILES string of the molecule is N#CCCN(c1ccc(S(N)(=O)=O)cc1C(=O)O)C1CC1. The number of sulfonamides is 1. The van der Waals surface area contributed by atoms with Crippen molar-refractivity contribution in [2.75, 3.05) is 11.4 Å². The molecule has 0 spiro atoms. The number of nitriles is 1. The van der Waals surface area contributed by atoms with Crippen LogP contribution in [-0.4, -0.2) is 32.1 Å². The second-order valence-corrected chi connectivity index (χ2v) is 6.42. The summed E-state index contributed by atoms with van der Waals surface area (Å²) in [5.74, 6) is -1.22. The Morgan fingerprint density at radius 2 is 2.14 bits per heavy atom. The van der Waals surface area contributed by atoms with E-state index in [0.29, 0.717) is 12.2 Å². The number of hydrogen-bond acceptors (Lipinski definition) is 5. The van der Waals surface area contributed by atoms with Crippen LogP contribution >= 0.6 is 0 Å². The quantitative estimate of drug-likeness (QED) is 0.805. The van der Waals surface area contributed by atoms with Gasteiger partial charge in [0.15, 0.2) is 0 Å². The van der Waals surface area contributed by atoms with Crippen molar-refractivity contribution in [3.05, 3.63) is 23.8 Å². The Kier molecular flexibility index (Phi) is 4.16. The zero-order valence-corrected chi connectivity index (χ0v) is 12.0. The summed E-state index contributed by atoms with van der Waals surface area (Å²) in [7, 11) is -3.96. The molecule has 3 N–H and O–H groups in total. The number of nitrogens with zero attached hydrogens (tertiary/aromatic N) is 2. The number of nitrogens with two attached hydrogens (primary N) is 1. The fourth-order valence-electron chi connectivity index (χ4n) is 2.17. The molecule has 112 valence electrons. The number of rotatable bonds is 6. The van der Waals surface area contributed by atoms with Crippen LogP contribution in [0.4, 0.5) is 5.69 Å². The first kappa shape index (κ1) is 15.3. The molecule has 1 fully saturated rings. The molecule has 0 atom stereocenters. The summed E-state index contributed by atoms with van der Waals surface area (Å²) in [5.41, 5.74) is 0.305. The minimum Gasteiger partial charge on any atom is -0.478 e. The van der Waals surface area contributed by atoms with E-state index in [0.717, 1.165) is 18.9 Å². The average molecular weight is 309 g/mol. The van der Waals surface area contributed by atoms with E-state index in [2.05, 4.69) is 0 Å². The Morgan fingerprint density at radius 1 is 1.48 bits per heavy atom. The maximum atomic E-state index is 11.4. The number of anilines is 1. The number of carboxylic acid groups (broad SMARTS) is 1. The van der Waals surface area contributed by atoms with Crippen LogP contribution in [-0.2, 0) is 10.0 Å². The third-order valence-electron chi connectivity index (χ3n) is 3.29. The molecule has 7 nitrogen and oxygen atoms in total. The summed E-state index contributed by atoms with van der Waals surface area (Å²) in [6.45, 7) is 0.413. The van der Waals surface area contributed by atoms with Crippen molar-refractivity contribution in [3.8, 4) is 6.07 Å². The van der Waals surface area contributed by atoms with Gasteiger partial charge in [0.25, 0.3) is 0 Å². The molecule has 0 saturated heterocycles. The molecule has 1 aliphatic carbocycles. The number of aromatic carboxylic acids is 1. The zero-order valence-electron chi connectivity index (χ0n) is 11.2. The molecule has 0 radical (unpaired) electrons. The number of carboxylic acids is 1. The van der Waals surface area contributed by atoms with Crippen LogP contribution in [0.15, 0.2) is 23.1 Å². The molecule has 0 heterocycles. The van der Waals surface area contributed by atoms with Gasteiger partial charge in [0.05, 0.1) is 28.6 Å². The van der Waals surface area contributed by atoms with Crippen LogP contribution in [0.2, 0.25) is 0 Å². The highest BCUT2D eigenvalue weighted by molar-refractivity contribution is 7.89. The topological polar surface area (TPSA) is 124 Å². The second kappa shape index (κ2) is 5.71. The van der Waals surface area contributed by atoms with Crippen LogP contribution < -0.4 is 10.0 Å². The molecule has 1 aromatic rings. The lowest BCUT2D eigenvalue weighted by Crippen LogP contribution is -2.28. The lowest BCUT2D eigenvalue weighted by atomic mass is 10.1. The van der Waals surface area contributed by atoms with E-state index in [4.69, 9.17) is 10.4 Å². The predicted octanol–water partition coefficient (Wildman–Crippen LogP) is 0.915. The highest BCUT2D eigenvalue weighted by atomic mass is 32.2. The summed E-state index contributed by atoms with van der Waals surface area (Å²) in [6, 6.07) is 6.03. The zero-order chi connectivity index (χ0) is 15.6. The first-order valence-corrected chi connectivity index (χ1v) is 7.93. The van der Waals surface area contributed by atoms with Gasteiger partial charge < -0.3 is 10.0 Å². The standard InChI is InChI=1S/C13H15N3O4S/c14-6-1-7-16(9-2-3-9)12-5-4-10(21(15,19)20)8-11(12)13(17)18/h4-5,8-9H,1-3,7H2,(H,17,18)(H2,15,19,20). The fraction of sp³-hybridized carbons (Fsp3) is 0.385. The first-order valence-electron chi connectivity index (χ1n) is 6.38. The van der Waals surface area contributed by atoms with Gasteiger partial charge in [-0.05, 0) is 31.0 Å². The van der Waals surface area contributed by atoms with Crippen molar-refractivity contribution in [3.63, 3.8) is 0 Å². The van der Waals surface area contributed by atoms with Crippen LogP contribution in [0.3, 0.4) is 0 Å². The van der Waals surface area contributed by atoms with Gasteiger partial charge in [0.1, 0.15) is 0 Å². The van der Waals surface area contributed by atoms with Gasteiger partial charge in [0.2, 0.25) is 10.0 Å². The molecule has 0 unspecified atom stereocenters. The van der Waals surface area contributed by atoms with Gasteiger partial charge in [-0.1, -0.05) is 0 Å². The highest BCUT2D eigenvalue weighted by Gasteiger charge is 2.31. The minimum atomic E-state index is -3.96. The number of primary sulfonamides is 1. The maximum Gasteiger partial charge on any atom is 0.337 e. The largest absolute Gasteiger partial charge is 0.478 e. The molecule has 2 rings (SSSR count). The lowest BCUT2D eigenvalue weighted by Gasteiger charge is -2.25. The number of benzene rings is 1. The molecule has 0 bridgehead atoms. The van der Waals surface area contributed by atoms with E-state index in [1.807, 2.05) is 11.0 Å². The first-order chi connectivity index (χ1) is 9.84. The van der Waals surface area contributed by atoms with E-state index in [9.17, 15) is 18.3 Å². The molecule has 8 heteroatoms. The van der Waals surface area contributed by atoms with E-state index < -0.39 is 16.0 Å². The van der Waals surface area contributed by atoms with Crippen LogP contribution in [0, 0.1) is 11.3 Å². The monoisotopic (exact) mass is 309 g/mol.